The molecule has 0 aliphatic heterocycles. The van der Waals surface area contributed by atoms with Gasteiger partial charge in [-0.3, -0.25) is 4.79 Å². The molecule has 0 saturated carbocycles. The summed E-state index contributed by atoms with van der Waals surface area (Å²) >= 11 is 0. The summed E-state index contributed by atoms with van der Waals surface area (Å²) in [5, 5.41) is 5.97. The van der Waals surface area contributed by atoms with Crippen molar-refractivity contribution in [1.82, 2.24) is 9.97 Å². The van der Waals surface area contributed by atoms with Crippen molar-refractivity contribution in [2.24, 2.45) is 0 Å². The quantitative estimate of drug-likeness (QED) is 0.566. The van der Waals surface area contributed by atoms with Gasteiger partial charge in [-0.2, -0.15) is 0 Å². The lowest BCUT2D eigenvalue weighted by molar-refractivity contribution is 0.102. The number of carbonyl (C=O) groups excluding carboxylic acids is 1. The Labute approximate surface area is 171 Å². The molecule has 0 fully saturated rings. The van der Waals surface area contributed by atoms with Crippen molar-refractivity contribution in [3.05, 3.63) is 72.1 Å². The number of hydrogen-bond donors (Lipinski definition) is 2. The average Bonchev–Trinajstić information content (AvgIpc) is 2.70. The van der Waals surface area contributed by atoms with E-state index >= 15 is 0 Å². The lowest BCUT2D eigenvalue weighted by atomic mass is 10.0. The number of rotatable bonds is 7. The maximum atomic E-state index is 12.4. The van der Waals surface area contributed by atoms with E-state index in [9.17, 15) is 4.79 Å². The maximum absolute atomic E-state index is 12.4. The van der Waals surface area contributed by atoms with Gasteiger partial charge < -0.3 is 15.4 Å². The summed E-state index contributed by atoms with van der Waals surface area (Å²) in [6.07, 6.45) is 3.11. The number of ether oxygens (including phenoxy) is 1. The molecule has 1 amide bonds. The molecule has 6 nitrogen and oxygen atoms in total. The molecule has 3 rings (SSSR count). The van der Waals surface area contributed by atoms with E-state index in [1.165, 1.54) is 18.0 Å². The standard InChI is InChI=1S/C23H26N4O2/c1-15(2)17-5-7-20(8-6-17)27-23-24-13-18(14-25-23)22(28)26-19-9-11-21(12-10-19)29-16(3)4/h5-16H,1-4H3,(H,26,28)(H,24,25,27). The Morgan fingerprint density at radius 2 is 1.45 bits per heavy atom. The Hall–Kier alpha value is -3.41. The number of nitrogens with one attached hydrogen (secondary N) is 2. The van der Waals surface area contributed by atoms with Crippen LogP contribution in [0.25, 0.3) is 0 Å². The van der Waals surface area contributed by atoms with Crippen LogP contribution in [-0.4, -0.2) is 22.0 Å². The molecule has 0 atom stereocenters. The van der Waals surface area contributed by atoms with Crippen LogP contribution in [0.1, 0.15) is 49.5 Å². The van der Waals surface area contributed by atoms with Gasteiger partial charge in [0.15, 0.2) is 0 Å². The molecule has 2 aromatic carbocycles. The summed E-state index contributed by atoms with van der Waals surface area (Å²) in [5.74, 6) is 1.42. The van der Waals surface area contributed by atoms with Crippen LogP contribution in [0.3, 0.4) is 0 Å². The Morgan fingerprint density at radius 1 is 0.862 bits per heavy atom. The lowest BCUT2D eigenvalue weighted by Crippen LogP contribution is -2.13. The van der Waals surface area contributed by atoms with Gasteiger partial charge in [0.05, 0.1) is 11.7 Å². The molecule has 0 spiro atoms. The Kier molecular flexibility index (Phi) is 6.44. The highest BCUT2D eigenvalue weighted by molar-refractivity contribution is 6.03. The highest BCUT2D eigenvalue weighted by Gasteiger charge is 2.09. The van der Waals surface area contributed by atoms with E-state index in [1.54, 1.807) is 12.1 Å². The largest absolute Gasteiger partial charge is 0.491 e. The van der Waals surface area contributed by atoms with Gasteiger partial charge >= 0.3 is 0 Å². The first-order valence-corrected chi connectivity index (χ1v) is 9.68. The van der Waals surface area contributed by atoms with Gasteiger partial charge in [0.2, 0.25) is 5.95 Å². The molecule has 0 bridgehead atoms. The fourth-order valence-electron chi connectivity index (χ4n) is 2.68. The second kappa shape index (κ2) is 9.19. The van der Waals surface area contributed by atoms with E-state index in [4.69, 9.17) is 4.74 Å². The Balaban J connectivity index is 1.59. The molecule has 2 N–H and O–H groups in total. The van der Waals surface area contributed by atoms with E-state index in [-0.39, 0.29) is 12.0 Å². The summed E-state index contributed by atoms with van der Waals surface area (Å²) < 4.78 is 5.60. The maximum Gasteiger partial charge on any atom is 0.258 e. The van der Waals surface area contributed by atoms with Crippen LogP contribution in [0.2, 0.25) is 0 Å². The molecular weight excluding hydrogens is 364 g/mol. The number of aromatic nitrogens is 2. The molecular formula is C23H26N4O2. The lowest BCUT2D eigenvalue weighted by Gasteiger charge is -2.11. The molecule has 1 aromatic heterocycles. The first kappa shape index (κ1) is 20.3. The smallest absolute Gasteiger partial charge is 0.258 e. The number of carbonyl (C=O) groups is 1. The Bertz CT molecular complexity index is 934. The molecule has 0 aliphatic carbocycles. The molecule has 0 saturated heterocycles. The Morgan fingerprint density at radius 3 is 2.00 bits per heavy atom. The first-order valence-electron chi connectivity index (χ1n) is 9.68. The molecule has 29 heavy (non-hydrogen) atoms. The van der Waals surface area contributed by atoms with Crippen molar-refractivity contribution >= 4 is 23.2 Å². The van der Waals surface area contributed by atoms with E-state index in [2.05, 4.69) is 46.6 Å². The number of amides is 1. The van der Waals surface area contributed by atoms with Gasteiger partial charge in [-0.15, -0.1) is 0 Å². The number of benzene rings is 2. The van der Waals surface area contributed by atoms with Gasteiger partial charge in [-0.05, 0) is 61.7 Å². The minimum Gasteiger partial charge on any atom is -0.491 e. The molecule has 150 valence electrons. The summed E-state index contributed by atoms with van der Waals surface area (Å²) in [6.45, 7) is 8.25. The molecule has 0 unspecified atom stereocenters. The highest BCUT2D eigenvalue weighted by atomic mass is 16.5. The van der Waals surface area contributed by atoms with E-state index < -0.39 is 0 Å². The van der Waals surface area contributed by atoms with Crippen molar-refractivity contribution in [3.63, 3.8) is 0 Å². The van der Waals surface area contributed by atoms with Crippen LogP contribution >= 0.6 is 0 Å². The van der Waals surface area contributed by atoms with Crippen LogP contribution in [0, 0.1) is 0 Å². The van der Waals surface area contributed by atoms with E-state index in [0.29, 0.717) is 23.1 Å². The highest BCUT2D eigenvalue weighted by Crippen LogP contribution is 2.20. The topological polar surface area (TPSA) is 76.1 Å². The fraction of sp³-hybridized carbons (Fsp3) is 0.261. The minimum absolute atomic E-state index is 0.104. The van der Waals surface area contributed by atoms with Gasteiger partial charge in [0.25, 0.3) is 5.91 Å². The third-order valence-electron chi connectivity index (χ3n) is 4.23. The van der Waals surface area contributed by atoms with Crippen molar-refractivity contribution in [1.29, 1.82) is 0 Å². The van der Waals surface area contributed by atoms with Gasteiger partial charge in [-0.1, -0.05) is 26.0 Å². The number of hydrogen-bond acceptors (Lipinski definition) is 5. The SMILES string of the molecule is CC(C)Oc1ccc(NC(=O)c2cnc(Nc3ccc(C(C)C)cc3)nc2)cc1. The zero-order chi connectivity index (χ0) is 20.8. The molecule has 0 radical (unpaired) electrons. The molecule has 1 heterocycles. The van der Waals surface area contributed by atoms with Gasteiger partial charge in [0, 0.05) is 23.8 Å². The molecule has 0 aliphatic rings. The fourth-order valence-corrected chi connectivity index (χ4v) is 2.68. The minimum atomic E-state index is -0.268. The third kappa shape index (κ3) is 5.78. The second-order valence-corrected chi connectivity index (χ2v) is 7.34. The van der Waals surface area contributed by atoms with Crippen molar-refractivity contribution in [2.75, 3.05) is 10.6 Å². The van der Waals surface area contributed by atoms with Crippen molar-refractivity contribution in [3.8, 4) is 5.75 Å². The molecule has 6 heteroatoms. The predicted octanol–water partition coefficient (Wildman–Crippen LogP) is 5.38. The predicted molar refractivity (Wildman–Crippen MR) is 116 cm³/mol. The first-order chi connectivity index (χ1) is 13.9. The zero-order valence-corrected chi connectivity index (χ0v) is 17.1. The van der Waals surface area contributed by atoms with Crippen LogP contribution in [0.15, 0.2) is 60.9 Å². The van der Waals surface area contributed by atoms with Gasteiger partial charge in [-0.25, -0.2) is 9.97 Å². The van der Waals surface area contributed by atoms with Gasteiger partial charge in [0.1, 0.15) is 5.75 Å². The third-order valence-corrected chi connectivity index (χ3v) is 4.23. The van der Waals surface area contributed by atoms with Crippen molar-refractivity contribution in [2.45, 2.75) is 39.7 Å². The number of nitrogens with zero attached hydrogens (tertiary/aromatic N) is 2. The summed E-state index contributed by atoms with van der Waals surface area (Å²) in [7, 11) is 0. The molecule has 3 aromatic rings. The van der Waals surface area contributed by atoms with Crippen LogP contribution in [0.4, 0.5) is 17.3 Å². The van der Waals surface area contributed by atoms with Crippen LogP contribution in [0.5, 0.6) is 5.75 Å². The normalized spacial score (nSPS) is 10.8. The monoisotopic (exact) mass is 390 g/mol. The summed E-state index contributed by atoms with van der Waals surface area (Å²) in [4.78, 5) is 20.9. The van der Waals surface area contributed by atoms with Crippen LogP contribution in [-0.2, 0) is 0 Å². The van der Waals surface area contributed by atoms with Crippen molar-refractivity contribution < 1.29 is 9.53 Å². The average molecular weight is 390 g/mol. The summed E-state index contributed by atoms with van der Waals surface area (Å²) in [6, 6.07) is 15.4. The number of anilines is 3. The van der Waals surface area contributed by atoms with Crippen LogP contribution < -0.4 is 15.4 Å². The second-order valence-electron chi connectivity index (χ2n) is 7.34. The van der Waals surface area contributed by atoms with E-state index in [1.807, 2.05) is 38.1 Å². The zero-order valence-electron chi connectivity index (χ0n) is 17.1. The summed E-state index contributed by atoms with van der Waals surface area (Å²) in [5.41, 5.74) is 3.23. The van der Waals surface area contributed by atoms with E-state index in [0.717, 1.165) is 11.4 Å².